The summed E-state index contributed by atoms with van der Waals surface area (Å²) in [6, 6.07) is 0. The van der Waals surface area contributed by atoms with Crippen LogP contribution in [0.1, 0.15) is 25.7 Å². The summed E-state index contributed by atoms with van der Waals surface area (Å²) >= 11 is 0. The molecular weight excluding hydrogens is 330 g/mol. The molecule has 9 heteroatoms. The molecule has 132 valence electrons. The molecule has 2 aliphatic rings. The van der Waals surface area contributed by atoms with Gasteiger partial charge in [0.25, 0.3) is 5.60 Å². The molecule has 4 atom stereocenters. The van der Waals surface area contributed by atoms with E-state index >= 15 is 0 Å². The van der Waals surface area contributed by atoms with Gasteiger partial charge < -0.3 is 10.2 Å². The topological polar surface area (TPSA) is 57.5 Å². The Balaban J connectivity index is 2.13. The average molecular weight is 346 g/mol. The maximum atomic E-state index is 12.7. The van der Waals surface area contributed by atoms with Gasteiger partial charge in [-0.05, 0) is 49.4 Å². The van der Waals surface area contributed by atoms with Gasteiger partial charge in [0.1, 0.15) is 0 Å². The molecule has 2 saturated carbocycles. The molecule has 0 aromatic heterocycles. The van der Waals surface area contributed by atoms with Gasteiger partial charge in [-0.3, -0.25) is 0 Å². The van der Waals surface area contributed by atoms with Crippen LogP contribution < -0.4 is 0 Å². The SMILES string of the molecule is C=C(C(=O)O)C1CC2CC1CC2CC(O)(C(F)(F)F)C(F)(F)F. The molecule has 0 heterocycles. The number of hydrogen-bond donors (Lipinski definition) is 2. The van der Waals surface area contributed by atoms with E-state index in [-0.39, 0.29) is 24.3 Å². The van der Waals surface area contributed by atoms with Gasteiger partial charge in [-0.2, -0.15) is 26.3 Å². The highest BCUT2D eigenvalue weighted by atomic mass is 19.4. The van der Waals surface area contributed by atoms with Crippen LogP contribution in [0.2, 0.25) is 0 Å². The van der Waals surface area contributed by atoms with Crippen molar-refractivity contribution in [2.75, 3.05) is 0 Å². The van der Waals surface area contributed by atoms with E-state index in [2.05, 4.69) is 6.58 Å². The Hall–Kier alpha value is -1.25. The van der Waals surface area contributed by atoms with Gasteiger partial charge in [-0.25, -0.2) is 4.79 Å². The molecule has 3 nitrogen and oxygen atoms in total. The Morgan fingerprint density at radius 2 is 1.52 bits per heavy atom. The Morgan fingerprint density at radius 3 is 1.87 bits per heavy atom. The highest BCUT2D eigenvalue weighted by Gasteiger charge is 2.71. The monoisotopic (exact) mass is 346 g/mol. The van der Waals surface area contributed by atoms with Crippen molar-refractivity contribution in [3.05, 3.63) is 12.2 Å². The number of aliphatic hydroxyl groups is 1. The molecular formula is C14H16F6O3. The zero-order valence-corrected chi connectivity index (χ0v) is 11.9. The largest absolute Gasteiger partial charge is 0.478 e. The zero-order chi connectivity index (χ0) is 17.8. The molecule has 0 aromatic rings. The molecule has 0 radical (unpaired) electrons. The average Bonchev–Trinajstić information content (AvgIpc) is 2.94. The molecule has 0 spiro atoms. The van der Waals surface area contributed by atoms with E-state index in [0.29, 0.717) is 6.42 Å². The Bertz CT molecular complexity index is 496. The minimum Gasteiger partial charge on any atom is -0.478 e. The maximum Gasteiger partial charge on any atom is 0.426 e. The number of fused-ring (bicyclic) bond motifs is 2. The minimum absolute atomic E-state index is 0.0378. The third kappa shape index (κ3) is 2.95. The second kappa shape index (κ2) is 5.39. The molecule has 2 rings (SSSR count). The summed E-state index contributed by atoms with van der Waals surface area (Å²) in [7, 11) is 0. The van der Waals surface area contributed by atoms with Crippen LogP contribution in [0.4, 0.5) is 26.3 Å². The number of carbonyl (C=O) groups is 1. The van der Waals surface area contributed by atoms with E-state index in [1.165, 1.54) is 0 Å². The molecule has 2 fully saturated rings. The van der Waals surface area contributed by atoms with Crippen molar-refractivity contribution in [1.82, 2.24) is 0 Å². The summed E-state index contributed by atoms with van der Waals surface area (Å²) in [5, 5.41) is 18.2. The summed E-state index contributed by atoms with van der Waals surface area (Å²) < 4.78 is 76.5. The first-order chi connectivity index (χ1) is 10.3. The van der Waals surface area contributed by atoms with E-state index in [1.54, 1.807) is 0 Å². The number of carboxylic acid groups (broad SMARTS) is 1. The van der Waals surface area contributed by atoms with Gasteiger partial charge in [-0.15, -0.1) is 0 Å². The summed E-state index contributed by atoms with van der Waals surface area (Å²) in [5.74, 6) is -3.32. The highest BCUT2D eigenvalue weighted by molar-refractivity contribution is 5.86. The van der Waals surface area contributed by atoms with Gasteiger partial charge in [0, 0.05) is 5.57 Å². The van der Waals surface area contributed by atoms with Crippen LogP contribution in [0, 0.1) is 23.7 Å². The number of aliphatic carboxylic acids is 1. The van der Waals surface area contributed by atoms with Crippen LogP contribution in [0.5, 0.6) is 0 Å². The fourth-order valence-corrected chi connectivity index (χ4v) is 4.00. The van der Waals surface area contributed by atoms with Crippen molar-refractivity contribution in [3.8, 4) is 0 Å². The number of carboxylic acids is 1. The zero-order valence-electron chi connectivity index (χ0n) is 11.9. The molecule has 0 amide bonds. The predicted molar refractivity (Wildman–Crippen MR) is 66.3 cm³/mol. The molecule has 0 aromatic carbocycles. The lowest BCUT2D eigenvalue weighted by atomic mass is 9.74. The fourth-order valence-electron chi connectivity index (χ4n) is 4.00. The minimum atomic E-state index is -5.81. The van der Waals surface area contributed by atoms with E-state index < -0.39 is 48.1 Å². The van der Waals surface area contributed by atoms with Crippen molar-refractivity contribution < 1.29 is 41.4 Å². The van der Waals surface area contributed by atoms with Crippen molar-refractivity contribution in [1.29, 1.82) is 0 Å². The van der Waals surface area contributed by atoms with Gasteiger partial charge in [0.15, 0.2) is 0 Å². The van der Waals surface area contributed by atoms with Crippen molar-refractivity contribution in [3.63, 3.8) is 0 Å². The van der Waals surface area contributed by atoms with Gasteiger partial charge in [0.05, 0.1) is 0 Å². The van der Waals surface area contributed by atoms with E-state index in [1.807, 2.05) is 0 Å². The second-order valence-corrected chi connectivity index (χ2v) is 6.48. The normalized spacial score (nSPS) is 31.4. The smallest absolute Gasteiger partial charge is 0.426 e. The quantitative estimate of drug-likeness (QED) is 0.605. The molecule has 0 aliphatic heterocycles. The maximum absolute atomic E-state index is 12.7. The molecule has 2 aliphatic carbocycles. The van der Waals surface area contributed by atoms with Gasteiger partial charge in [0.2, 0.25) is 0 Å². The number of halogens is 6. The standard InChI is InChI=1S/C14H16F6O3/c1-6(11(21)22)10-4-7-2-8(10)3-9(7)5-12(23,13(15,16)17)14(18,19)20/h7-10,23H,1-5H2,(H,21,22). The first kappa shape index (κ1) is 18.1. The molecule has 2 bridgehead atoms. The Kier molecular flexibility index (Phi) is 4.24. The number of rotatable bonds is 4. The van der Waals surface area contributed by atoms with Crippen LogP contribution in [0.15, 0.2) is 12.2 Å². The number of alkyl halides is 6. The lowest BCUT2D eigenvalue weighted by Crippen LogP contribution is -2.58. The van der Waals surface area contributed by atoms with Crippen LogP contribution in [-0.4, -0.2) is 34.1 Å². The van der Waals surface area contributed by atoms with Crippen molar-refractivity contribution in [2.45, 2.75) is 43.6 Å². The third-order valence-corrected chi connectivity index (χ3v) is 5.22. The molecule has 23 heavy (non-hydrogen) atoms. The van der Waals surface area contributed by atoms with E-state index in [4.69, 9.17) is 5.11 Å². The first-order valence-electron chi connectivity index (χ1n) is 7.06. The summed E-state index contributed by atoms with van der Waals surface area (Å²) in [6.07, 6.45) is -12.4. The van der Waals surface area contributed by atoms with Gasteiger partial charge in [-0.1, -0.05) is 6.58 Å². The van der Waals surface area contributed by atoms with Crippen LogP contribution in [0.3, 0.4) is 0 Å². The lowest BCUT2D eigenvalue weighted by Gasteiger charge is -2.37. The molecule has 0 saturated heterocycles. The van der Waals surface area contributed by atoms with Crippen LogP contribution >= 0.6 is 0 Å². The Morgan fingerprint density at radius 1 is 1.00 bits per heavy atom. The van der Waals surface area contributed by atoms with E-state index in [9.17, 15) is 36.2 Å². The molecule has 4 unspecified atom stereocenters. The third-order valence-electron chi connectivity index (χ3n) is 5.22. The summed E-state index contributed by atoms with van der Waals surface area (Å²) in [4.78, 5) is 10.9. The first-order valence-corrected chi connectivity index (χ1v) is 7.06. The van der Waals surface area contributed by atoms with Crippen LogP contribution in [0.25, 0.3) is 0 Å². The summed E-state index contributed by atoms with van der Waals surface area (Å²) in [5.41, 5.74) is -4.79. The highest BCUT2D eigenvalue weighted by Crippen LogP contribution is 2.58. The second-order valence-electron chi connectivity index (χ2n) is 6.48. The van der Waals surface area contributed by atoms with Crippen molar-refractivity contribution >= 4 is 5.97 Å². The van der Waals surface area contributed by atoms with E-state index in [0.717, 1.165) is 0 Å². The lowest BCUT2D eigenvalue weighted by molar-refractivity contribution is -0.373. The van der Waals surface area contributed by atoms with Crippen molar-refractivity contribution in [2.24, 2.45) is 23.7 Å². The Labute approximate surface area is 128 Å². The van der Waals surface area contributed by atoms with Crippen LogP contribution in [-0.2, 0) is 4.79 Å². The molecule has 2 N–H and O–H groups in total. The predicted octanol–water partition coefficient (Wildman–Crippen LogP) is 3.54. The van der Waals surface area contributed by atoms with Gasteiger partial charge >= 0.3 is 18.3 Å². The number of hydrogen-bond acceptors (Lipinski definition) is 2. The summed E-state index contributed by atoms with van der Waals surface area (Å²) in [6.45, 7) is 3.42. The fraction of sp³-hybridized carbons (Fsp3) is 0.786.